The van der Waals surface area contributed by atoms with Gasteiger partial charge in [0.1, 0.15) is 0 Å². The third-order valence-corrected chi connectivity index (χ3v) is 7.05. The normalized spacial score (nSPS) is 11.5. The van der Waals surface area contributed by atoms with E-state index in [1.165, 1.54) is 0 Å². The molecule has 0 saturated carbocycles. The summed E-state index contributed by atoms with van der Waals surface area (Å²) in [4.78, 5) is 11.4. The van der Waals surface area contributed by atoms with Gasteiger partial charge in [-0.2, -0.15) is 0 Å². The third-order valence-electron chi connectivity index (χ3n) is 7.05. The second kappa shape index (κ2) is 11.1. The molecule has 4 nitrogen and oxygen atoms in total. The molecule has 182 valence electrons. The van der Waals surface area contributed by atoms with Gasteiger partial charge in [0.25, 0.3) is 0 Å². The van der Waals surface area contributed by atoms with Crippen molar-refractivity contribution in [3.8, 4) is 0 Å². The van der Waals surface area contributed by atoms with Crippen LogP contribution in [0, 0.1) is 0 Å². The van der Waals surface area contributed by atoms with Gasteiger partial charge in [-0.3, -0.25) is 0 Å². The Morgan fingerprint density at radius 2 is 0.947 bits per heavy atom. The number of fused-ring (bicyclic) bond motifs is 3. The summed E-state index contributed by atoms with van der Waals surface area (Å²) in [5.74, 6) is 0. The van der Waals surface area contributed by atoms with Crippen LogP contribution in [0.25, 0.3) is 32.3 Å². The molecule has 6 rings (SSSR count). The molecule has 0 heterocycles. The van der Waals surface area contributed by atoms with Gasteiger partial charge in [0.05, 0.1) is 0 Å². The second-order valence-corrected chi connectivity index (χ2v) is 9.20. The van der Waals surface area contributed by atoms with E-state index in [1.54, 1.807) is 0 Å². The zero-order valence-corrected chi connectivity index (χ0v) is 20.1. The molecule has 6 heteroatoms. The molecule has 38 heavy (non-hydrogen) atoms. The molecular formula is C32H26BLiO4. The molecule has 0 aromatic heterocycles. The summed E-state index contributed by atoms with van der Waals surface area (Å²) in [6.45, 7) is 0. The van der Waals surface area contributed by atoms with E-state index in [-0.39, 0.29) is 18.9 Å². The molecule has 0 radical (unpaired) electrons. The average Bonchev–Trinajstić information content (AvgIpc) is 2.95. The summed E-state index contributed by atoms with van der Waals surface area (Å²) in [7, 11) is -2.10. The van der Waals surface area contributed by atoms with Gasteiger partial charge >= 0.3 is 26.2 Å². The van der Waals surface area contributed by atoms with Gasteiger partial charge < -0.3 is 10.0 Å². The Labute approximate surface area is 233 Å². The zero-order chi connectivity index (χ0) is 25.2. The Bertz CT molecular complexity index is 1620. The summed E-state index contributed by atoms with van der Waals surface area (Å²) < 4.78 is 0. The minimum absolute atomic E-state index is 0. The molecule has 6 aromatic carbocycles. The van der Waals surface area contributed by atoms with Crippen LogP contribution in [-0.2, 0) is 21.7 Å². The topological polar surface area (TPSA) is 58.9 Å². The number of benzene rings is 6. The molecule has 0 fully saturated rings. The van der Waals surface area contributed by atoms with Gasteiger partial charge in [0.2, 0.25) is 0 Å². The van der Waals surface area contributed by atoms with Crippen molar-refractivity contribution in [1.29, 1.82) is 0 Å². The SMILES string of the molecule is OB(O)OOC(Cc1cccc2ccccc12)(c1cccc2ccccc12)c1cccc2ccccc12.[LiH]. The molecule has 0 aliphatic heterocycles. The fourth-order valence-corrected chi connectivity index (χ4v) is 5.45. The average molecular weight is 492 g/mol. The van der Waals surface area contributed by atoms with E-state index >= 15 is 0 Å². The molecule has 0 saturated heterocycles. The van der Waals surface area contributed by atoms with Gasteiger partial charge in [0, 0.05) is 6.42 Å². The summed E-state index contributed by atoms with van der Waals surface area (Å²) in [5.41, 5.74) is 1.58. The van der Waals surface area contributed by atoms with Crippen LogP contribution in [0.5, 0.6) is 0 Å². The van der Waals surface area contributed by atoms with E-state index in [0.717, 1.165) is 49.0 Å². The van der Waals surface area contributed by atoms with Gasteiger partial charge in [-0.05, 0) is 49.0 Å². The first kappa shape index (κ1) is 26.2. The van der Waals surface area contributed by atoms with E-state index in [9.17, 15) is 10.0 Å². The molecule has 0 spiro atoms. The molecule has 6 aromatic rings. The Balaban J connectivity index is 0.00000294. The fraction of sp³-hybridized carbons (Fsp3) is 0.0625. The maximum atomic E-state index is 9.78. The molecule has 0 unspecified atom stereocenters. The van der Waals surface area contributed by atoms with Crippen LogP contribution in [0.3, 0.4) is 0 Å². The molecular weight excluding hydrogens is 466 g/mol. The van der Waals surface area contributed by atoms with Crippen LogP contribution in [-0.4, -0.2) is 36.2 Å². The first-order chi connectivity index (χ1) is 18.2. The quantitative estimate of drug-likeness (QED) is 0.166. The van der Waals surface area contributed by atoms with Gasteiger partial charge in [-0.15, -0.1) is 0 Å². The fourth-order valence-electron chi connectivity index (χ4n) is 5.45. The Morgan fingerprint density at radius 3 is 1.47 bits per heavy atom. The van der Waals surface area contributed by atoms with Gasteiger partial charge in [-0.25, -0.2) is 9.69 Å². The zero-order valence-electron chi connectivity index (χ0n) is 20.1. The van der Waals surface area contributed by atoms with Crippen molar-refractivity contribution in [3.05, 3.63) is 144 Å². The van der Waals surface area contributed by atoms with E-state index in [0.29, 0.717) is 6.42 Å². The molecule has 0 amide bonds. The summed E-state index contributed by atoms with van der Waals surface area (Å²) >= 11 is 0. The van der Waals surface area contributed by atoms with Crippen molar-refractivity contribution in [2.75, 3.05) is 0 Å². The van der Waals surface area contributed by atoms with Gasteiger partial charge in [-0.1, -0.05) is 127 Å². The first-order valence-corrected chi connectivity index (χ1v) is 12.3. The van der Waals surface area contributed by atoms with Crippen molar-refractivity contribution < 1.29 is 19.7 Å². The monoisotopic (exact) mass is 492 g/mol. The molecule has 2 N–H and O–H groups in total. The predicted octanol–water partition coefficient (Wildman–Crippen LogP) is 5.90. The standard InChI is InChI=1S/C32H25BO4.Li.H/c34-33(35)37-36-32(30-20-8-14-24-11-2-5-18-28(24)30,31-21-9-15-25-12-3-6-19-29(25)31)22-26-16-7-13-23-10-1-4-17-27(23)26;;/h1-21,34-35H,22H2;;. The summed E-state index contributed by atoms with van der Waals surface area (Å²) in [5, 5.41) is 25.9. The number of rotatable bonds is 7. The second-order valence-electron chi connectivity index (χ2n) is 9.20. The number of hydrogen-bond acceptors (Lipinski definition) is 4. The van der Waals surface area contributed by atoms with Crippen LogP contribution in [0.15, 0.2) is 127 Å². The van der Waals surface area contributed by atoms with E-state index in [2.05, 4.69) is 60.7 Å². The van der Waals surface area contributed by atoms with Crippen LogP contribution >= 0.6 is 0 Å². The molecule has 0 bridgehead atoms. The molecule has 0 aliphatic carbocycles. The number of hydrogen-bond donors (Lipinski definition) is 2. The Kier molecular flexibility index (Phi) is 7.69. The maximum absolute atomic E-state index is 9.78. The van der Waals surface area contributed by atoms with Crippen LogP contribution in [0.1, 0.15) is 16.7 Å². The summed E-state index contributed by atoms with van der Waals surface area (Å²) in [6, 6.07) is 42.9. The minimum atomic E-state index is -2.10. The molecule has 0 atom stereocenters. The van der Waals surface area contributed by atoms with Crippen molar-refractivity contribution >= 4 is 58.5 Å². The Hall–Kier alpha value is -3.40. The predicted molar refractivity (Wildman–Crippen MR) is 156 cm³/mol. The van der Waals surface area contributed by atoms with E-state index < -0.39 is 12.9 Å². The Morgan fingerprint density at radius 1 is 0.526 bits per heavy atom. The van der Waals surface area contributed by atoms with Crippen molar-refractivity contribution in [2.45, 2.75) is 12.0 Å². The first-order valence-electron chi connectivity index (χ1n) is 12.3. The van der Waals surface area contributed by atoms with E-state index in [1.807, 2.05) is 66.7 Å². The molecule has 0 aliphatic rings. The van der Waals surface area contributed by atoms with Crippen molar-refractivity contribution in [3.63, 3.8) is 0 Å². The third kappa shape index (κ3) is 4.77. The van der Waals surface area contributed by atoms with Crippen LogP contribution < -0.4 is 0 Å². The van der Waals surface area contributed by atoms with Gasteiger partial charge in [0.15, 0.2) is 5.60 Å². The van der Waals surface area contributed by atoms with Crippen molar-refractivity contribution in [2.24, 2.45) is 0 Å². The van der Waals surface area contributed by atoms with E-state index in [4.69, 9.17) is 9.69 Å². The van der Waals surface area contributed by atoms with Crippen molar-refractivity contribution in [1.82, 2.24) is 0 Å². The van der Waals surface area contributed by atoms with Crippen LogP contribution in [0.4, 0.5) is 0 Å². The van der Waals surface area contributed by atoms with Crippen LogP contribution in [0.2, 0.25) is 0 Å². The summed E-state index contributed by atoms with van der Waals surface area (Å²) in [6.07, 6.45) is 0.392.